The van der Waals surface area contributed by atoms with Gasteiger partial charge in [0, 0.05) is 38.9 Å². The first-order valence-corrected chi connectivity index (χ1v) is 9.82. The largest absolute Gasteiger partial charge is 0.322 e. The van der Waals surface area contributed by atoms with Gasteiger partial charge in [-0.15, -0.1) is 0 Å². The summed E-state index contributed by atoms with van der Waals surface area (Å²) in [6, 6.07) is 6.11. The Hall–Kier alpha value is -2.39. The molecule has 26 heavy (non-hydrogen) atoms. The predicted octanol–water partition coefficient (Wildman–Crippen LogP) is 1.65. The van der Waals surface area contributed by atoms with Gasteiger partial charge in [-0.1, -0.05) is 12.1 Å². The fourth-order valence-electron chi connectivity index (χ4n) is 3.04. The van der Waals surface area contributed by atoms with E-state index < -0.39 is 10.0 Å². The van der Waals surface area contributed by atoms with Crippen LogP contribution >= 0.6 is 0 Å². The zero-order valence-corrected chi connectivity index (χ0v) is 16.0. The number of para-hydroxylation sites is 1. The van der Waals surface area contributed by atoms with E-state index in [-0.39, 0.29) is 16.6 Å². The van der Waals surface area contributed by atoms with Gasteiger partial charge in [0.1, 0.15) is 4.90 Å². The van der Waals surface area contributed by atoms with Crippen molar-refractivity contribution < 1.29 is 13.2 Å². The molecule has 0 fully saturated rings. The van der Waals surface area contributed by atoms with Gasteiger partial charge in [-0.2, -0.15) is 5.10 Å². The summed E-state index contributed by atoms with van der Waals surface area (Å²) in [6.07, 6.45) is 3.48. The van der Waals surface area contributed by atoms with Crippen molar-refractivity contribution in [1.82, 2.24) is 19.0 Å². The minimum absolute atomic E-state index is 0.0789. The summed E-state index contributed by atoms with van der Waals surface area (Å²) in [6.45, 7) is 1.06. The van der Waals surface area contributed by atoms with Crippen molar-refractivity contribution in [3.05, 3.63) is 41.7 Å². The van der Waals surface area contributed by atoms with Crippen molar-refractivity contribution in [2.45, 2.75) is 24.3 Å². The summed E-state index contributed by atoms with van der Waals surface area (Å²) in [5.74, 6) is 0. The van der Waals surface area contributed by atoms with Crippen LogP contribution in [-0.4, -0.2) is 54.1 Å². The Morgan fingerprint density at radius 1 is 1.27 bits per heavy atom. The van der Waals surface area contributed by atoms with Gasteiger partial charge in [0.2, 0.25) is 10.0 Å². The van der Waals surface area contributed by atoms with Gasteiger partial charge in [0.05, 0.1) is 18.4 Å². The second-order valence-corrected chi connectivity index (χ2v) is 8.60. The number of nitrogens with one attached hydrogen (secondary N) is 1. The van der Waals surface area contributed by atoms with Crippen LogP contribution in [0.3, 0.4) is 0 Å². The molecule has 2 heterocycles. The Labute approximate surface area is 153 Å². The second kappa shape index (κ2) is 7.08. The molecular weight excluding hydrogens is 354 g/mol. The first-order chi connectivity index (χ1) is 12.3. The molecule has 1 aromatic heterocycles. The van der Waals surface area contributed by atoms with E-state index in [0.717, 1.165) is 28.4 Å². The van der Waals surface area contributed by atoms with Crippen LogP contribution in [0.4, 0.5) is 10.5 Å². The van der Waals surface area contributed by atoms with Crippen LogP contribution in [0.2, 0.25) is 0 Å². The number of carbonyl (C=O) groups is 1. The molecule has 0 atom stereocenters. The quantitative estimate of drug-likeness (QED) is 0.881. The highest BCUT2D eigenvalue weighted by Crippen LogP contribution is 2.24. The molecular formula is C17H23N5O3S. The molecule has 140 valence electrons. The molecule has 0 bridgehead atoms. The minimum Gasteiger partial charge on any atom is -0.320 e. The van der Waals surface area contributed by atoms with E-state index in [2.05, 4.69) is 10.4 Å². The van der Waals surface area contributed by atoms with Gasteiger partial charge in [-0.05, 0) is 25.0 Å². The summed E-state index contributed by atoms with van der Waals surface area (Å²) >= 11 is 0. The number of nitrogens with zero attached hydrogens (tertiary/aromatic N) is 4. The Kier molecular flexibility index (Phi) is 5.01. The van der Waals surface area contributed by atoms with Gasteiger partial charge in [0.15, 0.2) is 0 Å². The molecule has 0 aliphatic carbocycles. The van der Waals surface area contributed by atoms with E-state index in [1.165, 1.54) is 20.2 Å². The Morgan fingerprint density at radius 2 is 2.00 bits per heavy atom. The van der Waals surface area contributed by atoms with Crippen molar-refractivity contribution in [2.75, 3.05) is 26.0 Å². The number of sulfonamides is 1. The maximum absolute atomic E-state index is 12.8. The van der Waals surface area contributed by atoms with Crippen LogP contribution in [0.1, 0.15) is 17.7 Å². The molecule has 1 aliphatic rings. The molecule has 3 rings (SSSR count). The lowest BCUT2D eigenvalue weighted by Crippen LogP contribution is -2.35. The molecule has 0 saturated carbocycles. The Bertz CT molecular complexity index is 920. The number of benzene rings is 1. The van der Waals surface area contributed by atoms with Crippen LogP contribution in [-0.2, 0) is 30.0 Å². The smallest absolute Gasteiger partial charge is 0.320 e. The van der Waals surface area contributed by atoms with Crippen LogP contribution in [0.15, 0.2) is 35.4 Å². The van der Waals surface area contributed by atoms with Gasteiger partial charge in [0.25, 0.3) is 0 Å². The molecule has 0 radical (unpaired) electrons. The maximum Gasteiger partial charge on any atom is 0.322 e. The molecule has 9 heteroatoms. The number of anilines is 1. The average molecular weight is 377 g/mol. The average Bonchev–Trinajstić information content (AvgIpc) is 2.82. The molecule has 0 spiro atoms. The summed E-state index contributed by atoms with van der Waals surface area (Å²) in [5, 5.41) is 7.02. The number of rotatable bonds is 3. The molecule has 0 saturated heterocycles. The summed E-state index contributed by atoms with van der Waals surface area (Å²) < 4.78 is 27.9. The standard InChI is InChI=1S/C17H23N5O3S/c1-20(2)26(24,25)16-9-5-4-7-14(16)19-17(23)22-10-6-8-15-13(12-22)11-18-21(15)3/h4-5,7,9,11H,6,8,10,12H2,1-3H3,(H,19,23). The Morgan fingerprint density at radius 3 is 2.73 bits per heavy atom. The van der Waals surface area contributed by atoms with Gasteiger partial charge in [-0.25, -0.2) is 17.5 Å². The number of urea groups is 1. The van der Waals surface area contributed by atoms with E-state index in [9.17, 15) is 13.2 Å². The molecule has 2 aromatic rings. The third-order valence-electron chi connectivity index (χ3n) is 4.53. The zero-order valence-electron chi connectivity index (χ0n) is 15.1. The number of aromatic nitrogens is 2. The van der Waals surface area contributed by atoms with E-state index in [1.807, 2.05) is 11.7 Å². The molecule has 2 amide bonds. The molecule has 1 N–H and O–H groups in total. The van der Waals surface area contributed by atoms with Gasteiger partial charge in [-0.3, -0.25) is 4.68 Å². The monoisotopic (exact) mass is 377 g/mol. The zero-order chi connectivity index (χ0) is 18.9. The Balaban J connectivity index is 1.83. The van der Waals surface area contributed by atoms with Crippen molar-refractivity contribution >= 4 is 21.7 Å². The highest BCUT2D eigenvalue weighted by Gasteiger charge is 2.25. The topological polar surface area (TPSA) is 87.5 Å². The fourth-order valence-corrected chi connectivity index (χ4v) is 4.08. The van der Waals surface area contributed by atoms with E-state index in [1.54, 1.807) is 29.3 Å². The van der Waals surface area contributed by atoms with Crippen LogP contribution in [0.25, 0.3) is 0 Å². The van der Waals surface area contributed by atoms with Crippen molar-refractivity contribution in [3.63, 3.8) is 0 Å². The lowest BCUT2D eigenvalue weighted by Gasteiger charge is -2.22. The van der Waals surface area contributed by atoms with Crippen molar-refractivity contribution in [3.8, 4) is 0 Å². The summed E-state index contributed by atoms with van der Waals surface area (Å²) in [4.78, 5) is 14.5. The predicted molar refractivity (Wildman–Crippen MR) is 98.3 cm³/mol. The number of hydrogen-bond acceptors (Lipinski definition) is 4. The number of carbonyl (C=O) groups excluding carboxylic acids is 1. The van der Waals surface area contributed by atoms with Crippen LogP contribution in [0.5, 0.6) is 0 Å². The van der Waals surface area contributed by atoms with E-state index in [4.69, 9.17) is 0 Å². The van der Waals surface area contributed by atoms with Gasteiger partial charge < -0.3 is 10.2 Å². The normalized spacial score (nSPS) is 14.8. The SMILES string of the molecule is CN(C)S(=O)(=O)c1ccccc1NC(=O)N1CCCc2c(cnn2C)C1. The van der Waals surface area contributed by atoms with Crippen LogP contribution < -0.4 is 5.32 Å². The first-order valence-electron chi connectivity index (χ1n) is 8.38. The van der Waals surface area contributed by atoms with Crippen molar-refractivity contribution in [2.24, 2.45) is 7.05 Å². The highest BCUT2D eigenvalue weighted by atomic mass is 32.2. The highest BCUT2D eigenvalue weighted by molar-refractivity contribution is 7.89. The molecule has 8 nitrogen and oxygen atoms in total. The summed E-state index contributed by atoms with van der Waals surface area (Å²) in [7, 11) is 1.18. The van der Waals surface area contributed by atoms with E-state index >= 15 is 0 Å². The number of fused-ring (bicyclic) bond motifs is 1. The lowest BCUT2D eigenvalue weighted by molar-refractivity contribution is 0.210. The molecule has 1 aliphatic heterocycles. The minimum atomic E-state index is -3.65. The third kappa shape index (κ3) is 3.45. The number of hydrogen-bond donors (Lipinski definition) is 1. The maximum atomic E-state index is 12.8. The van der Waals surface area contributed by atoms with Crippen molar-refractivity contribution in [1.29, 1.82) is 0 Å². The third-order valence-corrected chi connectivity index (χ3v) is 6.40. The van der Waals surface area contributed by atoms with E-state index in [0.29, 0.717) is 13.1 Å². The fraction of sp³-hybridized carbons (Fsp3) is 0.412. The number of amides is 2. The second-order valence-electron chi connectivity index (χ2n) is 6.48. The first kappa shape index (κ1) is 18.4. The van der Waals surface area contributed by atoms with Gasteiger partial charge >= 0.3 is 6.03 Å². The molecule has 1 aromatic carbocycles. The lowest BCUT2D eigenvalue weighted by atomic mass is 10.2. The number of aryl methyl sites for hydroxylation is 1. The molecule has 0 unspecified atom stereocenters. The van der Waals surface area contributed by atoms with Crippen LogP contribution in [0, 0.1) is 0 Å². The summed E-state index contributed by atoms with van der Waals surface area (Å²) in [5.41, 5.74) is 2.44.